The summed E-state index contributed by atoms with van der Waals surface area (Å²) in [7, 11) is 0.570. The van der Waals surface area contributed by atoms with Crippen LogP contribution in [0.1, 0.15) is 37.8 Å². The number of methoxy groups -OCH3 is 3. The lowest BCUT2D eigenvalue weighted by Crippen LogP contribution is -2.45. The van der Waals surface area contributed by atoms with Gasteiger partial charge in [-0.25, -0.2) is 8.42 Å². The molecule has 0 aliphatic rings. The smallest absolute Gasteiger partial charge is 0.244 e. The van der Waals surface area contributed by atoms with Crippen LogP contribution in [0.2, 0.25) is 0 Å². The molecular formula is C23H32N2O6S. The number of ether oxygens (including phenoxy) is 3. The Morgan fingerprint density at radius 1 is 0.906 bits per heavy atom. The molecule has 0 aliphatic carbocycles. The molecule has 0 aliphatic heterocycles. The first-order valence-corrected chi connectivity index (χ1v) is 11.8. The fraction of sp³-hybridized carbons (Fsp3) is 0.435. The van der Waals surface area contributed by atoms with Gasteiger partial charge in [0.1, 0.15) is 10.6 Å². The van der Waals surface area contributed by atoms with E-state index in [0.29, 0.717) is 24.5 Å². The quantitative estimate of drug-likeness (QED) is 0.530. The number of carbonyl (C=O) groups excluding carboxylic acids is 1. The maximum absolute atomic E-state index is 12.9. The molecule has 0 radical (unpaired) electrons. The highest BCUT2D eigenvalue weighted by atomic mass is 32.2. The van der Waals surface area contributed by atoms with E-state index in [9.17, 15) is 13.2 Å². The van der Waals surface area contributed by atoms with Gasteiger partial charge in [0.25, 0.3) is 0 Å². The average molecular weight is 465 g/mol. The molecule has 32 heavy (non-hydrogen) atoms. The Bertz CT molecular complexity index is 1040. The van der Waals surface area contributed by atoms with Crippen LogP contribution in [0, 0.1) is 0 Å². The summed E-state index contributed by atoms with van der Waals surface area (Å²) < 4.78 is 44.0. The summed E-state index contributed by atoms with van der Waals surface area (Å²) in [6.45, 7) is 5.79. The highest BCUT2D eigenvalue weighted by molar-refractivity contribution is 7.89. The zero-order valence-electron chi connectivity index (χ0n) is 19.4. The van der Waals surface area contributed by atoms with Crippen molar-refractivity contribution < 1.29 is 27.4 Å². The SMILES string of the molecule is COc1ccc(CCNC(=O)C(C)NS(=O)(=O)c2cc(C(C)C)ccc2OC)cc1OC. The predicted molar refractivity (Wildman–Crippen MR) is 123 cm³/mol. The van der Waals surface area contributed by atoms with Crippen molar-refractivity contribution in [3.8, 4) is 17.2 Å². The van der Waals surface area contributed by atoms with Gasteiger partial charge in [-0.2, -0.15) is 4.72 Å². The van der Waals surface area contributed by atoms with Gasteiger partial charge in [0.2, 0.25) is 15.9 Å². The summed E-state index contributed by atoms with van der Waals surface area (Å²) >= 11 is 0. The first-order valence-electron chi connectivity index (χ1n) is 10.3. The summed E-state index contributed by atoms with van der Waals surface area (Å²) in [6.07, 6.45) is 0.551. The molecule has 9 heteroatoms. The van der Waals surface area contributed by atoms with E-state index in [0.717, 1.165) is 11.1 Å². The molecule has 0 aromatic heterocycles. The molecule has 8 nitrogen and oxygen atoms in total. The van der Waals surface area contributed by atoms with Crippen molar-refractivity contribution in [3.63, 3.8) is 0 Å². The highest BCUT2D eigenvalue weighted by Gasteiger charge is 2.25. The number of benzene rings is 2. The molecule has 176 valence electrons. The lowest BCUT2D eigenvalue weighted by atomic mass is 10.0. The Hall–Kier alpha value is -2.78. The minimum Gasteiger partial charge on any atom is -0.495 e. The second kappa shape index (κ2) is 11.2. The summed E-state index contributed by atoms with van der Waals surface area (Å²) in [5.74, 6) is 1.18. The van der Waals surface area contributed by atoms with E-state index in [2.05, 4.69) is 10.0 Å². The van der Waals surface area contributed by atoms with Crippen LogP contribution in [-0.4, -0.2) is 48.2 Å². The summed E-state index contributed by atoms with van der Waals surface area (Å²) in [5.41, 5.74) is 1.81. The minimum atomic E-state index is -3.96. The topological polar surface area (TPSA) is 103 Å². The Balaban J connectivity index is 2.02. The van der Waals surface area contributed by atoms with E-state index in [1.54, 1.807) is 32.4 Å². The zero-order chi connectivity index (χ0) is 23.9. The summed E-state index contributed by atoms with van der Waals surface area (Å²) in [5, 5.41) is 2.76. The number of carbonyl (C=O) groups is 1. The van der Waals surface area contributed by atoms with Crippen LogP contribution in [0.5, 0.6) is 17.2 Å². The number of sulfonamides is 1. The molecule has 0 heterocycles. The number of hydrogen-bond donors (Lipinski definition) is 2. The molecule has 0 fully saturated rings. The van der Waals surface area contributed by atoms with Gasteiger partial charge in [-0.15, -0.1) is 0 Å². The van der Waals surface area contributed by atoms with Crippen LogP contribution < -0.4 is 24.2 Å². The molecule has 0 spiro atoms. The largest absolute Gasteiger partial charge is 0.495 e. The van der Waals surface area contributed by atoms with Crippen molar-refractivity contribution in [3.05, 3.63) is 47.5 Å². The Morgan fingerprint density at radius 2 is 1.53 bits per heavy atom. The third-order valence-corrected chi connectivity index (χ3v) is 6.59. The molecular weight excluding hydrogens is 432 g/mol. The lowest BCUT2D eigenvalue weighted by molar-refractivity contribution is -0.122. The van der Waals surface area contributed by atoms with Crippen molar-refractivity contribution in [2.75, 3.05) is 27.9 Å². The molecule has 2 aromatic rings. The first-order chi connectivity index (χ1) is 15.1. The van der Waals surface area contributed by atoms with Crippen LogP contribution in [0.15, 0.2) is 41.3 Å². The fourth-order valence-electron chi connectivity index (χ4n) is 3.13. The van der Waals surface area contributed by atoms with Gasteiger partial charge >= 0.3 is 0 Å². The third-order valence-electron chi connectivity index (χ3n) is 5.03. The van der Waals surface area contributed by atoms with E-state index in [4.69, 9.17) is 14.2 Å². The van der Waals surface area contributed by atoms with Crippen LogP contribution >= 0.6 is 0 Å². The van der Waals surface area contributed by atoms with Crippen molar-refractivity contribution in [1.82, 2.24) is 10.0 Å². The van der Waals surface area contributed by atoms with Crippen molar-refractivity contribution in [2.24, 2.45) is 0 Å². The fourth-order valence-corrected chi connectivity index (χ4v) is 4.54. The Morgan fingerprint density at radius 3 is 2.12 bits per heavy atom. The van der Waals surface area contributed by atoms with Crippen molar-refractivity contribution in [1.29, 1.82) is 0 Å². The van der Waals surface area contributed by atoms with Gasteiger partial charge in [-0.3, -0.25) is 4.79 Å². The van der Waals surface area contributed by atoms with Gasteiger partial charge in [0, 0.05) is 6.54 Å². The summed E-state index contributed by atoms with van der Waals surface area (Å²) in [4.78, 5) is 12.5. The third kappa shape index (κ3) is 6.37. The van der Waals surface area contributed by atoms with E-state index in [1.807, 2.05) is 32.0 Å². The van der Waals surface area contributed by atoms with Crippen molar-refractivity contribution in [2.45, 2.75) is 44.0 Å². The molecule has 2 N–H and O–H groups in total. The standard InChI is InChI=1S/C23H32N2O6S/c1-15(2)18-8-10-20(30-5)22(14-18)32(27,28)25-16(3)23(26)24-12-11-17-7-9-19(29-4)21(13-17)31-6/h7-10,13-16,25H,11-12H2,1-6H3,(H,24,26). The van der Waals surface area contributed by atoms with Gasteiger partial charge in [-0.05, 0) is 54.7 Å². The second-order valence-corrected chi connectivity index (χ2v) is 9.32. The molecule has 1 atom stereocenters. The van der Waals surface area contributed by atoms with Crippen LogP contribution in [0.25, 0.3) is 0 Å². The van der Waals surface area contributed by atoms with E-state index in [-0.39, 0.29) is 16.6 Å². The van der Waals surface area contributed by atoms with Crippen LogP contribution in [0.3, 0.4) is 0 Å². The Kier molecular flexibility index (Phi) is 8.91. The number of amides is 1. The first kappa shape index (κ1) is 25.5. The normalized spacial score (nSPS) is 12.3. The van der Waals surface area contributed by atoms with E-state index in [1.165, 1.54) is 14.0 Å². The van der Waals surface area contributed by atoms with Gasteiger partial charge in [0.05, 0.1) is 27.4 Å². The lowest BCUT2D eigenvalue weighted by Gasteiger charge is -2.17. The second-order valence-electron chi connectivity index (χ2n) is 7.64. The highest BCUT2D eigenvalue weighted by Crippen LogP contribution is 2.29. The van der Waals surface area contributed by atoms with Gasteiger partial charge < -0.3 is 19.5 Å². The number of hydrogen-bond acceptors (Lipinski definition) is 6. The number of nitrogens with one attached hydrogen (secondary N) is 2. The van der Waals surface area contributed by atoms with E-state index >= 15 is 0 Å². The molecule has 0 saturated heterocycles. The van der Waals surface area contributed by atoms with Gasteiger partial charge in [0.15, 0.2) is 11.5 Å². The zero-order valence-corrected chi connectivity index (χ0v) is 20.2. The van der Waals surface area contributed by atoms with Crippen LogP contribution in [-0.2, 0) is 21.2 Å². The minimum absolute atomic E-state index is 0.0103. The maximum atomic E-state index is 12.9. The average Bonchev–Trinajstić information content (AvgIpc) is 2.77. The monoisotopic (exact) mass is 464 g/mol. The van der Waals surface area contributed by atoms with Crippen LogP contribution in [0.4, 0.5) is 0 Å². The molecule has 0 saturated carbocycles. The summed E-state index contributed by atoms with van der Waals surface area (Å²) in [6, 6.07) is 9.58. The van der Waals surface area contributed by atoms with Gasteiger partial charge in [-0.1, -0.05) is 26.0 Å². The van der Waals surface area contributed by atoms with Crippen molar-refractivity contribution >= 4 is 15.9 Å². The Labute approximate surface area is 190 Å². The molecule has 1 amide bonds. The maximum Gasteiger partial charge on any atom is 0.244 e. The molecule has 2 rings (SSSR count). The predicted octanol–water partition coefficient (Wildman–Crippen LogP) is 2.86. The molecule has 0 bridgehead atoms. The number of rotatable bonds is 11. The van der Waals surface area contributed by atoms with E-state index < -0.39 is 22.0 Å². The molecule has 1 unspecified atom stereocenters. The molecule has 2 aromatic carbocycles.